The first-order valence-corrected chi connectivity index (χ1v) is 11.3. The fraction of sp³-hybridized carbons (Fsp3) is 0.440. The first-order valence-electron chi connectivity index (χ1n) is 10.9. The van der Waals surface area contributed by atoms with Crippen LogP contribution in [0, 0.1) is 0 Å². The average Bonchev–Trinajstić information content (AvgIpc) is 2.76. The van der Waals surface area contributed by atoms with Crippen molar-refractivity contribution in [3.8, 4) is 5.75 Å². The molecule has 2 heterocycles. The van der Waals surface area contributed by atoms with E-state index in [2.05, 4.69) is 46.2 Å². The summed E-state index contributed by atoms with van der Waals surface area (Å²) in [5.41, 5.74) is 3.75. The second kappa shape index (κ2) is 10.5. The molecule has 0 saturated carbocycles. The second-order valence-corrected chi connectivity index (χ2v) is 8.74. The van der Waals surface area contributed by atoms with E-state index < -0.39 is 0 Å². The van der Waals surface area contributed by atoms with Crippen molar-refractivity contribution in [2.24, 2.45) is 0 Å². The smallest absolute Gasteiger partial charge is 0.127 e. The van der Waals surface area contributed by atoms with Crippen molar-refractivity contribution in [3.63, 3.8) is 0 Å². The number of rotatable bonds is 8. The highest BCUT2D eigenvalue weighted by Crippen LogP contribution is 2.29. The number of benzene rings is 2. The summed E-state index contributed by atoms with van der Waals surface area (Å²) < 4.78 is 5.92. The van der Waals surface area contributed by atoms with Gasteiger partial charge in [0.1, 0.15) is 12.4 Å². The van der Waals surface area contributed by atoms with E-state index in [4.69, 9.17) is 16.3 Å². The van der Waals surface area contributed by atoms with Crippen LogP contribution in [0.3, 0.4) is 0 Å². The quantitative estimate of drug-likeness (QED) is 0.688. The summed E-state index contributed by atoms with van der Waals surface area (Å²) in [6.07, 6.45) is 5.31. The van der Waals surface area contributed by atoms with Crippen molar-refractivity contribution in [1.82, 2.24) is 9.80 Å². The molecular weight excluding hydrogens is 396 g/mol. The zero-order valence-corrected chi connectivity index (χ0v) is 18.2. The number of nitrogens with zero attached hydrogens (tertiary/aromatic N) is 2. The van der Waals surface area contributed by atoms with Crippen LogP contribution in [0.2, 0.25) is 5.02 Å². The lowest BCUT2D eigenvalue weighted by Crippen LogP contribution is -2.54. The van der Waals surface area contributed by atoms with Crippen molar-refractivity contribution < 1.29 is 9.84 Å². The molecule has 0 aromatic heterocycles. The predicted octanol–water partition coefficient (Wildman–Crippen LogP) is 4.12. The number of halogens is 1. The van der Waals surface area contributed by atoms with Gasteiger partial charge in [0, 0.05) is 49.4 Å². The minimum atomic E-state index is 0.241. The van der Waals surface area contributed by atoms with Gasteiger partial charge in [0.2, 0.25) is 0 Å². The van der Waals surface area contributed by atoms with E-state index in [-0.39, 0.29) is 6.61 Å². The zero-order chi connectivity index (χ0) is 20.8. The highest BCUT2D eigenvalue weighted by Gasteiger charge is 2.27. The van der Waals surface area contributed by atoms with Gasteiger partial charge < -0.3 is 9.84 Å². The molecule has 4 rings (SSSR count). The van der Waals surface area contributed by atoms with Gasteiger partial charge in [0.05, 0.1) is 0 Å². The third kappa shape index (κ3) is 5.64. The third-order valence-corrected chi connectivity index (χ3v) is 6.31. The molecule has 5 heteroatoms. The Bertz CT molecular complexity index is 855. The molecule has 0 amide bonds. The molecule has 2 aromatic rings. The van der Waals surface area contributed by atoms with E-state index in [0.29, 0.717) is 12.6 Å². The fourth-order valence-electron chi connectivity index (χ4n) is 4.52. The zero-order valence-electron chi connectivity index (χ0n) is 17.5. The lowest BCUT2D eigenvalue weighted by atomic mass is 10.0. The van der Waals surface area contributed by atoms with Crippen LogP contribution in [0.4, 0.5) is 0 Å². The maximum atomic E-state index is 9.59. The first-order chi connectivity index (χ1) is 14.7. The number of ether oxygens (including phenoxy) is 1. The fourth-order valence-corrected chi connectivity index (χ4v) is 4.70. The highest BCUT2D eigenvalue weighted by molar-refractivity contribution is 6.30. The largest absolute Gasteiger partial charge is 0.489 e. The molecule has 2 aromatic carbocycles. The second-order valence-electron chi connectivity index (χ2n) is 8.30. The van der Waals surface area contributed by atoms with Crippen LogP contribution >= 0.6 is 11.6 Å². The van der Waals surface area contributed by atoms with Gasteiger partial charge in [-0.25, -0.2) is 0 Å². The van der Waals surface area contributed by atoms with Crippen LogP contribution in [-0.2, 0) is 6.42 Å². The number of aryl methyl sites for hydroxylation is 1. The number of aliphatic hydroxyl groups is 1. The Morgan fingerprint density at radius 3 is 2.80 bits per heavy atom. The number of aliphatic hydroxyl groups excluding tert-OH is 1. The lowest BCUT2D eigenvalue weighted by molar-refractivity contribution is 0.0622. The van der Waals surface area contributed by atoms with E-state index in [1.54, 1.807) is 0 Å². The minimum absolute atomic E-state index is 0.241. The van der Waals surface area contributed by atoms with E-state index in [1.165, 1.54) is 11.1 Å². The van der Waals surface area contributed by atoms with Gasteiger partial charge in [-0.05, 0) is 61.2 Å². The Hall–Kier alpha value is -1.85. The lowest BCUT2D eigenvalue weighted by Gasteiger charge is -2.42. The summed E-state index contributed by atoms with van der Waals surface area (Å²) in [5.74, 6) is 0.907. The molecule has 1 atom stereocenters. The molecule has 1 saturated heterocycles. The molecule has 1 fully saturated rings. The van der Waals surface area contributed by atoms with Crippen molar-refractivity contribution in [2.45, 2.75) is 25.3 Å². The Kier molecular flexibility index (Phi) is 7.45. The van der Waals surface area contributed by atoms with Gasteiger partial charge in [-0.3, -0.25) is 9.80 Å². The topological polar surface area (TPSA) is 35.9 Å². The number of hydrogen-bond acceptors (Lipinski definition) is 4. The summed E-state index contributed by atoms with van der Waals surface area (Å²) in [6, 6.07) is 16.9. The van der Waals surface area contributed by atoms with Crippen LogP contribution < -0.4 is 4.74 Å². The van der Waals surface area contributed by atoms with Gasteiger partial charge in [0.25, 0.3) is 0 Å². The van der Waals surface area contributed by atoms with Crippen LogP contribution in [0.15, 0.2) is 54.1 Å². The SMILES string of the molecule is OCC[C@H]1CN(CC2=Cc3cc(Cl)ccc3OC2)CCN1CCCc1ccccc1. The monoisotopic (exact) mass is 426 g/mol. The summed E-state index contributed by atoms with van der Waals surface area (Å²) in [7, 11) is 0. The van der Waals surface area contributed by atoms with E-state index >= 15 is 0 Å². The third-order valence-electron chi connectivity index (χ3n) is 6.08. The Balaban J connectivity index is 1.31. The Morgan fingerprint density at radius 1 is 1.10 bits per heavy atom. The number of hydrogen-bond donors (Lipinski definition) is 1. The maximum absolute atomic E-state index is 9.59. The van der Waals surface area contributed by atoms with Crippen LogP contribution in [0.25, 0.3) is 6.08 Å². The van der Waals surface area contributed by atoms with Crippen molar-refractivity contribution in [1.29, 1.82) is 0 Å². The van der Waals surface area contributed by atoms with Gasteiger partial charge >= 0.3 is 0 Å². The Morgan fingerprint density at radius 2 is 1.97 bits per heavy atom. The molecule has 160 valence electrons. The summed E-state index contributed by atoms with van der Waals surface area (Å²) in [6.45, 7) is 5.97. The van der Waals surface area contributed by atoms with Crippen LogP contribution in [-0.4, -0.2) is 66.9 Å². The Labute approximate surface area is 184 Å². The molecule has 0 radical (unpaired) electrons. The van der Waals surface area contributed by atoms with Crippen LogP contribution in [0.5, 0.6) is 5.75 Å². The molecule has 0 spiro atoms. The molecule has 2 aliphatic heterocycles. The molecule has 4 nitrogen and oxygen atoms in total. The van der Waals surface area contributed by atoms with Crippen molar-refractivity contribution in [3.05, 3.63) is 70.3 Å². The molecule has 0 bridgehead atoms. The number of piperazine rings is 1. The minimum Gasteiger partial charge on any atom is -0.489 e. The molecular formula is C25H31ClN2O2. The van der Waals surface area contributed by atoms with Crippen LogP contribution in [0.1, 0.15) is 24.0 Å². The molecule has 2 aliphatic rings. The van der Waals surface area contributed by atoms with E-state index in [1.807, 2.05) is 18.2 Å². The van der Waals surface area contributed by atoms with Gasteiger partial charge in [-0.15, -0.1) is 0 Å². The summed E-state index contributed by atoms with van der Waals surface area (Å²) in [4.78, 5) is 5.06. The molecule has 0 unspecified atom stereocenters. The van der Waals surface area contributed by atoms with E-state index in [9.17, 15) is 5.11 Å². The predicted molar refractivity (Wildman–Crippen MR) is 123 cm³/mol. The van der Waals surface area contributed by atoms with Gasteiger partial charge in [-0.1, -0.05) is 41.9 Å². The standard InChI is InChI=1S/C25H31ClN2O2/c26-23-8-9-25-22(16-23)15-21(19-30-25)17-27-12-13-28(24(18-27)10-14-29)11-4-7-20-5-2-1-3-6-20/h1-3,5-6,8-9,15-16,24,29H,4,7,10-14,17-19H2/t24-/m0/s1. The highest BCUT2D eigenvalue weighted by atomic mass is 35.5. The molecule has 0 aliphatic carbocycles. The van der Waals surface area contributed by atoms with Crippen molar-refractivity contribution >= 4 is 17.7 Å². The first kappa shape index (κ1) is 21.4. The van der Waals surface area contributed by atoms with Gasteiger partial charge in [-0.2, -0.15) is 0 Å². The maximum Gasteiger partial charge on any atom is 0.127 e. The van der Waals surface area contributed by atoms with Gasteiger partial charge in [0.15, 0.2) is 0 Å². The molecule has 30 heavy (non-hydrogen) atoms. The average molecular weight is 427 g/mol. The molecule has 1 N–H and O–H groups in total. The number of fused-ring (bicyclic) bond motifs is 1. The normalized spacial score (nSPS) is 19.8. The summed E-state index contributed by atoms with van der Waals surface area (Å²) >= 11 is 6.14. The summed E-state index contributed by atoms with van der Waals surface area (Å²) in [5, 5.41) is 10.3. The van der Waals surface area contributed by atoms with E-state index in [0.717, 1.165) is 68.3 Å². The van der Waals surface area contributed by atoms with Crippen molar-refractivity contribution in [2.75, 3.05) is 45.9 Å².